The van der Waals surface area contributed by atoms with Gasteiger partial charge < -0.3 is 5.73 Å². The fraction of sp³-hybridized carbons (Fsp3) is 0. The molecule has 1 aromatic carbocycles. The van der Waals surface area contributed by atoms with E-state index in [4.69, 9.17) is 17.3 Å². The van der Waals surface area contributed by atoms with Crippen molar-refractivity contribution >= 4 is 23.2 Å². The number of nitro benzene ring substituents is 1. The third-order valence-electron chi connectivity index (χ3n) is 1.92. The van der Waals surface area contributed by atoms with E-state index in [1.807, 2.05) is 0 Å². The van der Waals surface area contributed by atoms with Crippen molar-refractivity contribution in [1.82, 2.24) is 15.2 Å². The van der Waals surface area contributed by atoms with Crippen LogP contribution in [0.2, 0.25) is 5.02 Å². The average molecular weight is 240 g/mol. The molecule has 0 bridgehead atoms. The summed E-state index contributed by atoms with van der Waals surface area (Å²) in [4.78, 5) is 13.8. The van der Waals surface area contributed by atoms with Crippen molar-refractivity contribution in [2.45, 2.75) is 0 Å². The quantitative estimate of drug-likeness (QED) is 0.611. The van der Waals surface area contributed by atoms with E-state index in [-0.39, 0.29) is 16.7 Å². The minimum Gasteiger partial charge on any atom is -0.366 e. The van der Waals surface area contributed by atoms with Gasteiger partial charge in [0.1, 0.15) is 0 Å². The van der Waals surface area contributed by atoms with E-state index in [1.54, 1.807) is 0 Å². The van der Waals surface area contributed by atoms with Gasteiger partial charge in [0, 0.05) is 17.7 Å². The highest BCUT2D eigenvalue weighted by molar-refractivity contribution is 6.33. The molecule has 0 atom stereocenters. The van der Waals surface area contributed by atoms with Crippen LogP contribution in [0.25, 0.3) is 11.4 Å². The molecule has 1 heterocycles. The molecule has 3 N–H and O–H groups in total. The molecule has 0 aliphatic rings. The zero-order chi connectivity index (χ0) is 11.7. The molecule has 0 unspecified atom stereocenters. The maximum absolute atomic E-state index is 10.5. The Hall–Kier alpha value is -2.15. The monoisotopic (exact) mass is 239 g/mol. The number of aromatic amines is 1. The number of nitrogens with one attached hydrogen (secondary N) is 1. The van der Waals surface area contributed by atoms with E-state index in [1.165, 1.54) is 18.2 Å². The van der Waals surface area contributed by atoms with Gasteiger partial charge >= 0.3 is 0 Å². The van der Waals surface area contributed by atoms with E-state index in [9.17, 15) is 10.1 Å². The summed E-state index contributed by atoms with van der Waals surface area (Å²) in [6.45, 7) is 0. The van der Waals surface area contributed by atoms with Crippen LogP contribution in [-0.4, -0.2) is 20.1 Å². The predicted octanol–water partition coefficient (Wildman–Crippen LogP) is 1.62. The number of aromatic nitrogens is 3. The Morgan fingerprint density at radius 2 is 2.25 bits per heavy atom. The molecule has 0 aliphatic carbocycles. The van der Waals surface area contributed by atoms with Gasteiger partial charge in [-0.15, -0.1) is 5.10 Å². The van der Waals surface area contributed by atoms with Crippen LogP contribution in [0.1, 0.15) is 0 Å². The van der Waals surface area contributed by atoms with Gasteiger partial charge in [0.25, 0.3) is 5.69 Å². The van der Waals surface area contributed by atoms with Crippen LogP contribution >= 0.6 is 11.6 Å². The molecule has 0 radical (unpaired) electrons. The maximum Gasteiger partial charge on any atom is 0.270 e. The first-order valence-corrected chi connectivity index (χ1v) is 4.58. The molecule has 8 heteroatoms. The summed E-state index contributed by atoms with van der Waals surface area (Å²) in [6, 6.07) is 4.07. The summed E-state index contributed by atoms with van der Waals surface area (Å²) in [5, 5.41) is 16.9. The lowest BCUT2D eigenvalue weighted by molar-refractivity contribution is -0.384. The lowest BCUT2D eigenvalue weighted by Gasteiger charge is -1.99. The smallest absolute Gasteiger partial charge is 0.270 e. The van der Waals surface area contributed by atoms with Gasteiger partial charge in [-0.05, 0) is 6.07 Å². The Bertz CT molecular complexity index is 553. The number of non-ortho nitro benzene ring substituents is 1. The first kappa shape index (κ1) is 10.4. The number of halogens is 1. The Kier molecular flexibility index (Phi) is 2.45. The summed E-state index contributed by atoms with van der Waals surface area (Å²) >= 11 is 5.88. The number of nitrogens with two attached hydrogens (primary N) is 1. The molecule has 0 saturated heterocycles. The molecular formula is C8H6ClN5O2. The summed E-state index contributed by atoms with van der Waals surface area (Å²) in [5.74, 6) is 0.460. The molecule has 0 spiro atoms. The second kappa shape index (κ2) is 3.78. The van der Waals surface area contributed by atoms with Crippen molar-refractivity contribution in [2.75, 3.05) is 5.73 Å². The van der Waals surface area contributed by atoms with Gasteiger partial charge in [0.15, 0.2) is 5.82 Å². The van der Waals surface area contributed by atoms with Crippen molar-refractivity contribution in [3.63, 3.8) is 0 Å². The summed E-state index contributed by atoms with van der Waals surface area (Å²) < 4.78 is 0. The maximum atomic E-state index is 10.5. The summed E-state index contributed by atoms with van der Waals surface area (Å²) in [5.41, 5.74) is 5.77. The average Bonchev–Trinajstić information content (AvgIpc) is 2.64. The summed E-state index contributed by atoms with van der Waals surface area (Å²) in [6.07, 6.45) is 0. The van der Waals surface area contributed by atoms with E-state index in [2.05, 4.69) is 15.2 Å². The number of anilines is 1. The SMILES string of the molecule is Nc1n[nH]c(-c2ccc([N+](=O)[O-])cc2Cl)n1. The van der Waals surface area contributed by atoms with E-state index in [0.29, 0.717) is 11.4 Å². The second-order valence-corrected chi connectivity index (χ2v) is 3.37. The molecule has 2 rings (SSSR count). The topological polar surface area (TPSA) is 111 Å². The van der Waals surface area contributed by atoms with Gasteiger partial charge in [-0.1, -0.05) is 11.6 Å². The highest BCUT2D eigenvalue weighted by Crippen LogP contribution is 2.28. The number of rotatable bonds is 2. The van der Waals surface area contributed by atoms with Gasteiger partial charge in [-0.25, -0.2) is 0 Å². The standard InChI is InChI=1S/C8H6ClN5O2/c9-6-3-4(14(15)16)1-2-5(6)7-11-8(10)13-12-7/h1-3H,(H3,10,11,12,13). The molecule has 0 amide bonds. The van der Waals surface area contributed by atoms with Crippen molar-refractivity contribution in [3.8, 4) is 11.4 Å². The van der Waals surface area contributed by atoms with Crippen LogP contribution in [0.15, 0.2) is 18.2 Å². The first-order valence-electron chi connectivity index (χ1n) is 4.20. The zero-order valence-electron chi connectivity index (χ0n) is 7.85. The second-order valence-electron chi connectivity index (χ2n) is 2.96. The molecule has 2 aromatic rings. The number of nitrogen functional groups attached to an aromatic ring is 1. The van der Waals surface area contributed by atoms with Crippen LogP contribution in [-0.2, 0) is 0 Å². The van der Waals surface area contributed by atoms with Crippen molar-refractivity contribution in [2.24, 2.45) is 0 Å². The number of nitrogens with zero attached hydrogens (tertiary/aromatic N) is 3. The lowest BCUT2D eigenvalue weighted by Crippen LogP contribution is -1.89. The Labute approximate surface area is 94.4 Å². The normalized spacial score (nSPS) is 10.3. The number of benzene rings is 1. The molecule has 82 valence electrons. The number of nitro groups is 1. The first-order chi connectivity index (χ1) is 7.58. The fourth-order valence-corrected chi connectivity index (χ4v) is 1.47. The zero-order valence-corrected chi connectivity index (χ0v) is 8.60. The fourth-order valence-electron chi connectivity index (χ4n) is 1.20. The van der Waals surface area contributed by atoms with Crippen molar-refractivity contribution in [3.05, 3.63) is 33.3 Å². The third-order valence-corrected chi connectivity index (χ3v) is 2.23. The summed E-state index contributed by atoms with van der Waals surface area (Å²) in [7, 11) is 0. The Morgan fingerprint density at radius 1 is 1.50 bits per heavy atom. The van der Waals surface area contributed by atoms with Crippen LogP contribution in [0, 0.1) is 10.1 Å². The van der Waals surface area contributed by atoms with E-state index < -0.39 is 4.92 Å². The van der Waals surface area contributed by atoms with Gasteiger partial charge in [0.2, 0.25) is 5.95 Å². The van der Waals surface area contributed by atoms with Crippen molar-refractivity contribution < 1.29 is 4.92 Å². The molecule has 0 saturated carbocycles. The van der Waals surface area contributed by atoms with E-state index in [0.717, 1.165) is 0 Å². The number of hydrogen-bond donors (Lipinski definition) is 2. The van der Waals surface area contributed by atoms with Gasteiger partial charge in [0.05, 0.1) is 9.95 Å². The minimum absolute atomic E-state index is 0.0822. The lowest BCUT2D eigenvalue weighted by atomic mass is 10.2. The van der Waals surface area contributed by atoms with Crippen LogP contribution in [0.3, 0.4) is 0 Å². The van der Waals surface area contributed by atoms with Crippen LogP contribution in [0.5, 0.6) is 0 Å². The molecule has 7 nitrogen and oxygen atoms in total. The number of H-pyrrole nitrogens is 1. The number of hydrogen-bond acceptors (Lipinski definition) is 5. The van der Waals surface area contributed by atoms with Gasteiger partial charge in [-0.2, -0.15) is 4.98 Å². The highest BCUT2D eigenvalue weighted by Gasteiger charge is 2.12. The third kappa shape index (κ3) is 1.80. The van der Waals surface area contributed by atoms with Crippen LogP contribution < -0.4 is 5.73 Å². The predicted molar refractivity (Wildman–Crippen MR) is 57.9 cm³/mol. The molecule has 0 aliphatic heterocycles. The minimum atomic E-state index is -0.523. The largest absolute Gasteiger partial charge is 0.366 e. The Morgan fingerprint density at radius 3 is 2.75 bits per heavy atom. The van der Waals surface area contributed by atoms with Crippen molar-refractivity contribution in [1.29, 1.82) is 0 Å². The Balaban J connectivity index is 2.47. The highest BCUT2D eigenvalue weighted by atomic mass is 35.5. The molecule has 1 aromatic heterocycles. The molecule has 0 fully saturated rings. The van der Waals surface area contributed by atoms with Gasteiger partial charge in [-0.3, -0.25) is 15.2 Å². The molecular weight excluding hydrogens is 234 g/mol. The van der Waals surface area contributed by atoms with E-state index >= 15 is 0 Å². The van der Waals surface area contributed by atoms with Crippen LogP contribution in [0.4, 0.5) is 11.6 Å². The molecule has 16 heavy (non-hydrogen) atoms.